The van der Waals surface area contributed by atoms with Crippen molar-refractivity contribution in [1.29, 1.82) is 0 Å². The van der Waals surface area contributed by atoms with E-state index < -0.39 is 19.5 Å². The van der Waals surface area contributed by atoms with Gasteiger partial charge in [-0.15, -0.1) is 0 Å². The Morgan fingerprint density at radius 1 is 1.54 bits per heavy atom. The molecule has 0 saturated carbocycles. The van der Waals surface area contributed by atoms with Crippen molar-refractivity contribution in [1.82, 2.24) is 5.09 Å². The molecule has 0 aliphatic rings. The first kappa shape index (κ1) is 12.6. The Labute approximate surface area is 78.3 Å². The summed E-state index contributed by atoms with van der Waals surface area (Å²) < 4.78 is 20.9. The number of ether oxygens (including phenoxy) is 1. The minimum absolute atomic E-state index is 0.338. The maximum absolute atomic E-state index is 11.6. The van der Waals surface area contributed by atoms with Gasteiger partial charge < -0.3 is 9.26 Å². The number of nitrogens with one attached hydrogen (secondary N) is 1. The van der Waals surface area contributed by atoms with E-state index in [1.165, 1.54) is 14.2 Å². The predicted molar refractivity (Wildman–Crippen MR) is 49.8 cm³/mol. The average molecular weight is 209 g/mol. The largest absolute Gasteiger partial charge is 0.468 e. The Bertz CT molecular complexity index is 211. The zero-order valence-corrected chi connectivity index (χ0v) is 9.26. The van der Waals surface area contributed by atoms with Crippen LogP contribution in [0.15, 0.2) is 0 Å². The summed E-state index contributed by atoms with van der Waals surface area (Å²) in [7, 11) is -0.225. The molecule has 0 aliphatic carbocycles. The number of esters is 1. The third-order valence-electron chi connectivity index (χ3n) is 1.66. The van der Waals surface area contributed by atoms with E-state index in [2.05, 4.69) is 9.82 Å². The average Bonchev–Trinajstić information content (AvgIpc) is 2.16. The van der Waals surface area contributed by atoms with Crippen LogP contribution in [0.2, 0.25) is 0 Å². The second kappa shape index (κ2) is 5.37. The van der Waals surface area contributed by atoms with E-state index in [0.717, 1.165) is 0 Å². The summed E-state index contributed by atoms with van der Waals surface area (Å²) in [5.74, 6) is -0.453. The van der Waals surface area contributed by atoms with Gasteiger partial charge >= 0.3 is 5.97 Å². The second-order valence-corrected chi connectivity index (χ2v) is 5.15. The van der Waals surface area contributed by atoms with Gasteiger partial charge in [0, 0.05) is 13.3 Å². The van der Waals surface area contributed by atoms with Crippen LogP contribution >= 0.6 is 7.52 Å². The van der Waals surface area contributed by atoms with Crippen molar-refractivity contribution in [3.8, 4) is 0 Å². The normalized spacial score (nSPS) is 17.5. The minimum atomic E-state index is -2.86. The lowest BCUT2D eigenvalue weighted by atomic mass is 10.4. The van der Waals surface area contributed by atoms with Gasteiger partial charge in [0.1, 0.15) is 6.04 Å². The molecule has 2 unspecified atom stereocenters. The van der Waals surface area contributed by atoms with Gasteiger partial charge in [-0.05, 0) is 6.92 Å². The minimum Gasteiger partial charge on any atom is -0.468 e. The summed E-state index contributed by atoms with van der Waals surface area (Å²) in [5, 5.41) is 2.60. The maximum Gasteiger partial charge on any atom is 0.323 e. The fourth-order valence-corrected chi connectivity index (χ4v) is 2.04. The lowest BCUT2D eigenvalue weighted by Gasteiger charge is -2.19. The van der Waals surface area contributed by atoms with Crippen LogP contribution in [0.5, 0.6) is 0 Å². The van der Waals surface area contributed by atoms with Crippen LogP contribution < -0.4 is 5.09 Å². The van der Waals surface area contributed by atoms with E-state index in [0.29, 0.717) is 6.16 Å². The van der Waals surface area contributed by atoms with Crippen LogP contribution in [-0.4, -0.2) is 32.4 Å². The molecule has 0 saturated heterocycles. The Morgan fingerprint density at radius 2 is 2.08 bits per heavy atom. The first-order valence-corrected chi connectivity index (χ1v) is 5.80. The second-order valence-electron chi connectivity index (χ2n) is 2.55. The third kappa shape index (κ3) is 3.89. The van der Waals surface area contributed by atoms with Crippen LogP contribution in [0.3, 0.4) is 0 Å². The molecule has 0 bridgehead atoms. The third-order valence-corrected chi connectivity index (χ3v) is 3.86. The van der Waals surface area contributed by atoms with E-state index in [1.807, 2.05) is 0 Å². The van der Waals surface area contributed by atoms with E-state index in [4.69, 9.17) is 4.52 Å². The molecule has 0 aromatic carbocycles. The van der Waals surface area contributed by atoms with Gasteiger partial charge in [-0.2, -0.15) is 0 Å². The summed E-state index contributed by atoms with van der Waals surface area (Å²) >= 11 is 0. The fourth-order valence-electron chi connectivity index (χ4n) is 0.798. The highest BCUT2D eigenvalue weighted by molar-refractivity contribution is 7.56. The van der Waals surface area contributed by atoms with Gasteiger partial charge in [0.2, 0.25) is 0 Å². The van der Waals surface area contributed by atoms with Crippen LogP contribution in [0.1, 0.15) is 13.8 Å². The number of rotatable bonds is 5. The van der Waals surface area contributed by atoms with Gasteiger partial charge in [-0.1, -0.05) is 6.92 Å². The molecule has 0 heterocycles. The summed E-state index contributed by atoms with van der Waals surface area (Å²) in [5.41, 5.74) is 0. The van der Waals surface area contributed by atoms with Crippen molar-refractivity contribution in [2.75, 3.05) is 20.4 Å². The number of carbonyl (C=O) groups excluding carboxylic acids is 1. The number of methoxy groups -OCH3 is 1. The van der Waals surface area contributed by atoms with Crippen LogP contribution in [0, 0.1) is 0 Å². The van der Waals surface area contributed by atoms with Crippen LogP contribution in [-0.2, 0) is 18.6 Å². The van der Waals surface area contributed by atoms with Crippen molar-refractivity contribution in [3.63, 3.8) is 0 Å². The molecular weight excluding hydrogens is 193 g/mol. The Morgan fingerprint density at radius 3 is 2.38 bits per heavy atom. The monoisotopic (exact) mass is 209 g/mol. The first-order chi connectivity index (χ1) is 5.99. The van der Waals surface area contributed by atoms with Gasteiger partial charge in [-0.25, -0.2) is 5.09 Å². The highest BCUT2D eigenvalue weighted by atomic mass is 31.2. The van der Waals surface area contributed by atoms with E-state index >= 15 is 0 Å². The van der Waals surface area contributed by atoms with Gasteiger partial charge in [0.15, 0.2) is 0 Å². The van der Waals surface area contributed by atoms with Crippen LogP contribution in [0.25, 0.3) is 0 Å². The molecule has 78 valence electrons. The molecular formula is C7H16NO4P. The van der Waals surface area contributed by atoms with Crippen molar-refractivity contribution in [2.45, 2.75) is 19.9 Å². The SMILES string of the molecule is CCP(=O)(NC(C)C(=O)OC)OC. The number of hydrogen-bond acceptors (Lipinski definition) is 4. The maximum atomic E-state index is 11.6. The fraction of sp³-hybridized carbons (Fsp3) is 0.857. The standard InChI is InChI=1S/C7H16NO4P/c1-5-13(10,12-4)8-6(2)7(9)11-3/h6H,5H2,1-4H3,(H,8,10). The summed E-state index contributed by atoms with van der Waals surface area (Å²) in [6, 6.07) is -0.615. The van der Waals surface area contributed by atoms with Crippen molar-refractivity contribution >= 4 is 13.5 Å². The quantitative estimate of drug-likeness (QED) is 0.540. The molecule has 0 aromatic heterocycles. The highest BCUT2D eigenvalue weighted by Gasteiger charge is 2.25. The van der Waals surface area contributed by atoms with E-state index in [1.54, 1.807) is 13.8 Å². The first-order valence-electron chi connectivity index (χ1n) is 3.99. The van der Waals surface area contributed by atoms with Crippen molar-refractivity contribution < 1.29 is 18.6 Å². The van der Waals surface area contributed by atoms with E-state index in [9.17, 15) is 9.36 Å². The molecule has 0 fully saturated rings. The van der Waals surface area contributed by atoms with Crippen molar-refractivity contribution in [2.24, 2.45) is 0 Å². The Balaban J connectivity index is 4.25. The molecule has 0 aromatic rings. The highest BCUT2D eigenvalue weighted by Crippen LogP contribution is 2.40. The molecule has 5 nitrogen and oxygen atoms in total. The molecule has 0 aliphatic heterocycles. The molecule has 2 atom stereocenters. The summed E-state index contributed by atoms with van der Waals surface area (Å²) in [6.45, 7) is 3.30. The Hall–Kier alpha value is -0.380. The number of carbonyl (C=O) groups is 1. The van der Waals surface area contributed by atoms with Crippen molar-refractivity contribution in [3.05, 3.63) is 0 Å². The van der Waals surface area contributed by atoms with Gasteiger partial charge in [0.25, 0.3) is 7.52 Å². The smallest absolute Gasteiger partial charge is 0.323 e. The zero-order valence-electron chi connectivity index (χ0n) is 8.36. The number of hydrogen-bond donors (Lipinski definition) is 1. The molecule has 0 radical (unpaired) electrons. The summed E-state index contributed by atoms with van der Waals surface area (Å²) in [4.78, 5) is 11.0. The molecule has 1 N–H and O–H groups in total. The lowest BCUT2D eigenvalue weighted by molar-refractivity contribution is -0.142. The topological polar surface area (TPSA) is 64.6 Å². The molecule has 6 heteroatoms. The predicted octanol–water partition coefficient (Wildman–Crippen LogP) is 0.997. The Kier molecular flexibility index (Phi) is 5.21. The molecule has 0 amide bonds. The molecule has 0 rings (SSSR count). The van der Waals surface area contributed by atoms with Gasteiger partial charge in [-0.3, -0.25) is 9.36 Å². The van der Waals surface area contributed by atoms with Crippen LogP contribution in [0.4, 0.5) is 0 Å². The van der Waals surface area contributed by atoms with E-state index in [-0.39, 0.29) is 0 Å². The zero-order chi connectivity index (χ0) is 10.5. The molecule has 13 heavy (non-hydrogen) atoms. The van der Waals surface area contributed by atoms with Gasteiger partial charge in [0.05, 0.1) is 7.11 Å². The lowest BCUT2D eigenvalue weighted by Crippen LogP contribution is -2.33. The molecule has 0 spiro atoms. The summed E-state index contributed by atoms with van der Waals surface area (Å²) in [6.07, 6.45) is 0.338.